The lowest BCUT2D eigenvalue weighted by molar-refractivity contribution is 1.32. The maximum Gasteiger partial charge on any atom is 0.0640 e. The van der Waals surface area contributed by atoms with Crippen molar-refractivity contribution in [2.45, 2.75) is 0 Å². The van der Waals surface area contributed by atoms with Gasteiger partial charge in [0, 0.05) is 112 Å². The molecule has 14 rings (SSSR count). The van der Waals surface area contributed by atoms with Gasteiger partial charge in [0.1, 0.15) is 0 Å². The predicted octanol–water partition coefficient (Wildman–Crippen LogP) is 19.0. The molecule has 0 aliphatic carbocycles. The Kier molecular flexibility index (Phi) is 8.40. The first-order valence-electron chi connectivity index (χ1n) is 21.7. The van der Waals surface area contributed by atoms with Crippen LogP contribution in [-0.4, -0.2) is 4.98 Å². The average molecular weight is 899 g/mol. The van der Waals surface area contributed by atoms with E-state index < -0.39 is 0 Å². The van der Waals surface area contributed by atoms with Crippen LogP contribution in [-0.2, 0) is 0 Å². The second-order valence-corrected chi connectivity index (χ2v) is 20.8. The van der Waals surface area contributed by atoms with Crippen molar-refractivity contribution in [3.8, 4) is 33.4 Å². The van der Waals surface area contributed by atoms with E-state index in [1.165, 1.54) is 114 Å². The third kappa shape index (κ3) is 5.85. The molecule has 14 aromatic rings. The predicted molar refractivity (Wildman–Crippen MR) is 287 cm³/mol. The van der Waals surface area contributed by atoms with Gasteiger partial charge in [-0.2, -0.15) is 0 Å². The van der Waals surface area contributed by atoms with Crippen LogP contribution in [0.25, 0.3) is 114 Å². The van der Waals surface area contributed by atoms with E-state index in [2.05, 4.69) is 199 Å². The Hall–Kier alpha value is -7.19. The van der Waals surface area contributed by atoms with Gasteiger partial charge in [-0.1, -0.05) is 133 Å². The zero-order valence-electron chi connectivity index (χ0n) is 34.7. The summed E-state index contributed by atoms with van der Waals surface area (Å²) in [7, 11) is 0. The number of nitrogens with zero attached hydrogens (tertiary/aromatic N) is 2. The zero-order valence-corrected chi connectivity index (χ0v) is 37.9. The van der Waals surface area contributed by atoms with Crippen molar-refractivity contribution in [3.63, 3.8) is 0 Å². The molecule has 0 N–H and O–H groups in total. The first-order valence-corrected chi connectivity index (χ1v) is 25.0. The SMILES string of the molecule is c1ccc(N(c2cccc3c2sc2ccccc23)c2cccc3c2sc2cc(-c4ccc5sc6c(-c7cncc(-c8cccc9c8sc8ccccc89)c7)cccc6c5c4)ccc23)cc1. The number of thiophene rings is 4. The molecular weight excluding hydrogens is 865 g/mol. The summed E-state index contributed by atoms with van der Waals surface area (Å²) in [4.78, 5) is 7.30. The van der Waals surface area contributed by atoms with Crippen LogP contribution in [0.4, 0.5) is 17.1 Å². The number of fused-ring (bicyclic) bond motifs is 12. The molecule has 5 heterocycles. The quantitative estimate of drug-likeness (QED) is 0.165. The van der Waals surface area contributed by atoms with Gasteiger partial charge in [-0.25, -0.2) is 0 Å². The van der Waals surface area contributed by atoms with E-state index in [1.807, 2.05) is 57.7 Å². The van der Waals surface area contributed by atoms with Gasteiger partial charge in [0.25, 0.3) is 0 Å². The van der Waals surface area contributed by atoms with Crippen LogP contribution in [0.15, 0.2) is 207 Å². The minimum atomic E-state index is 1.14. The van der Waals surface area contributed by atoms with E-state index in [9.17, 15) is 0 Å². The highest BCUT2D eigenvalue weighted by molar-refractivity contribution is 7.27. The number of para-hydroxylation sites is 1. The van der Waals surface area contributed by atoms with E-state index in [1.54, 1.807) is 0 Å². The monoisotopic (exact) mass is 898 g/mol. The van der Waals surface area contributed by atoms with Gasteiger partial charge in [-0.15, -0.1) is 45.3 Å². The van der Waals surface area contributed by atoms with Crippen LogP contribution >= 0.6 is 45.3 Å². The molecule has 0 fully saturated rings. The fourth-order valence-corrected chi connectivity index (χ4v) is 14.9. The van der Waals surface area contributed by atoms with Crippen molar-refractivity contribution in [1.82, 2.24) is 4.98 Å². The highest BCUT2D eigenvalue weighted by atomic mass is 32.1. The Morgan fingerprint density at radius 3 is 1.40 bits per heavy atom. The van der Waals surface area contributed by atoms with Crippen LogP contribution in [0, 0.1) is 0 Å². The number of hydrogen-bond donors (Lipinski definition) is 0. The van der Waals surface area contributed by atoms with Gasteiger partial charge < -0.3 is 4.90 Å². The summed E-state index contributed by atoms with van der Waals surface area (Å²) in [5.74, 6) is 0. The molecule has 9 aromatic carbocycles. The summed E-state index contributed by atoms with van der Waals surface area (Å²) < 4.78 is 10.4. The second-order valence-electron chi connectivity index (χ2n) is 16.6. The van der Waals surface area contributed by atoms with E-state index in [-0.39, 0.29) is 0 Å². The first kappa shape index (κ1) is 37.2. The topological polar surface area (TPSA) is 16.1 Å². The molecule has 0 bridgehead atoms. The normalized spacial score (nSPS) is 12.0. The lowest BCUT2D eigenvalue weighted by Crippen LogP contribution is -2.10. The summed E-state index contributed by atoms with van der Waals surface area (Å²) in [5, 5.41) is 10.4. The lowest BCUT2D eigenvalue weighted by atomic mass is 9.98. The summed E-state index contributed by atoms with van der Waals surface area (Å²) >= 11 is 7.51. The van der Waals surface area contributed by atoms with Crippen LogP contribution in [0.5, 0.6) is 0 Å². The summed E-state index contributed by atoms with van der Waals surface area (Å²) in [6.07, 6.45) is 4.04. The van der Waals surface area contributed by atoms with Crippen LogP contribution in [0.2, 0.25) is 0 Å². The van der Waals surface area contributed by atoms with Gasteiger partial charge in [0.2, 0.25) is 0 Å². The Morgan fingerprint density at radius 1 is 0.292 bits per heavy atom. The number of pyridine rings is 1. The molecule has 0 radical (unpaired) electrons. The minimum absolute atomic E-state index is 1.14. The molecule has 6 heteroatoms. The van der Waals surface area contributed by atoms with Crippen LogP contribution < -0.4 is 4.90 Å². The molecule has 0 atom stereocenters. The average Bonchev–Trinajstić information content (AvgIpc) is 4.15. The molecular formula is C59H34N2S4. The highest BCUT2D eigenvalue weighted by Crippen LogP contribution is 2.50. The highest BCUT2D eigenvalue weighted by Gasteiger charge is 2.22. The van der Waals surface area contributed by atoms with Crippen LogP contribution in [0.1, 0.15) is 0 Å². The van der Waals surface area contributed by atoms with Gasteiger partial charge >= 0.3 is 0 Å². The maximum absolute atomic E-state index is 4.83. The van der Waals surface area contributed by atoms with Crippen molar-refractivity contribution in [1.29, 1.82) is 0 Å². The fraction of sp³-hybridized carbons (Fsp3) is 0. The number of aromatic nitrogens is 1. The molecule has 0 amide bonds. The van der Waals surface area contributed by atoms with Crippen molar-refractivity contribution >= 4 is 143 Å². The van der Waals surface area contributed by atoms with E-state index >= 15 is 0 Å². The molecule has 2 nitrogen and oxygen atoms in total. The number of anilines is 3. The molecule has 0 aliphatic heterocycles. The molecule has 0 saturated carbocycles. The Morgan fingerprint density at radius 2 is 0.754 bits per heavy atom. The largest absolute Gasteiger partial charge is 0.308 e. The molecule has 304 valence electrons. The summed E-state index contributed by atoms with van der Waals surface area (Å²) in [5.41, 5.74) is 10.7. The first-order chi connectivity index (χ1) is 32.2. The second kappa shape index (κ2) is 14.7. The van der Waals surface area contributed by atoms with E-state index in [4.69, 9.17) is 4.98 Å². The summed E-state index contributed by atoms with van der Waals surface area (Å²) in [6, 6.07) is 71.7. The molecule has 65 heavy (non-hydrogen) atoms. The maximum atomic E-state index is 4.83. The third-order valence-electron chi connectivity index (χ3n) is 13.0. The number of hydrogen-bond acceptors (Lipinski definition) is 6. The third-order valence-corrected chi connectivity index (χ3v) is 17.8. The van der Waals surface area contributed by atoms with Gasteiger partial charge in [0.05, 0.1) is 20.8 Å². The molecule has 0 saturated heterocycles. The van der Waals surface area contributed by atoms with E-state index in [0.717, 1.165) is 16.8 Å². The molecule has 5 aromatic heterocycles. The Labute approximate surface area is 390 Å². The Bertz CT molecular complexity index is 4210. The zero-order chi connectivity index (χ0) is 42.6. The number of benzene rings is 9. The van der Waals surface area contributed by atoms with E-state index in [0.29, 0.717) is 0 Å². The van der Waals surface area contributed by atoms with Crippen molar-refractivity contribution in [2.75, 3.05) is 4.90 Å². The molecule has 0 unspecified atom stereocenters. The van der Waals surface area contributed by atoms with Gasteiger partial charge in [0.15, 0.2) is 0 Å². The van der Waals surface area contributed by atoms with Crippen molar-refractivity contribution in [2.24, 2.45) is 0 Å². The van der Waals surface area contributed by atoms with Crippen LogP contribution in [0.3, 0.4) is 0 Å². The standard InChI is InChI=1S/C59H34N2S4/c1-2-12-39(13-3-1)61(50-22-10-20-46-43-15-5-7-25-53(43)64-58(46)50)51-23-11-21-47-44-28-26-36(32-55(44)65-59(47)51)35-27-29-54-49(31-35)48-19-9-17-41(57(48)63-54)38-30-37(33-60-34-38)40-16-8-18-45-42-14-4-6-24-52(42)62-56(40)45/h1-34H. The molecule has 0 aliphatic rings. The fourth-order valence-electron chi connectivity index (χ4n) is 9.95. The lowest BCUT2D eigenvalue weighted by Gasteiger charge is -2.26. The van der Waals surface area contributed by atoms with Crippen molar-refractivity contribution < 1.29 is 0 Å². The minimum Gasteiger partial charge on any atom is -0.308 e. The molecule has 0 spiro atoms. The smallest absolute Gasteiger partial charge is 0.0640 e. The van der Waals surface area contributed by atoms with Crippen molar-refractivity contribution in [3.05, 3.63) is 207 Å². The number of rotatable bonds is 6. The summed E-state index contributed by atoms with van der Waals surface area (Å²) in [6.45, 7) is 0. The Balaban J connectivity index is 0.864. The van der Waals surface area contributed by atoms with Gasteiger partial charge in [-0.3, -0.25) is 4.98 Å². The van der Waals surface area contributed by atoms with Gasteiger partial charge in [-0.05, 0) is 71.8 Å².